The molecule has 1 fully saturated rings. The Morgan fingerprint density at radius 3 is 2.31 bits per heavy atom. The standard InChI is InChI=1S/C34H39FN4O3.C2H2O4/c1-3-6-31(40)26-11-14-32(42-2)28(22-26)34(41)36-17-20-38-18-15-24(16-19-38)21-33-37-29-7-4-5-8-30(29)39(33)23-25-9-12-27(35)13-10-25;3-1(4)2(5)6/h4-5,7-14,22,24H,3,6,15-21,23H2,1-2H3,(H,36,41);(H,3,4)(H,5,6). The van der Waals surface area contributed by atoms with Crippen LogP contribution in [0.15, 0.2) is 66.7 Å². The third kappa shape index (κ3) is 9.71. The van der Waals surface area contributed by atoms with E-state index in [1.54, 1.807) is 18.2 Å². The summed E-state index contributed by atoms with van der Waals surface area (Å²) in [5, 5.41) is 17.8. The lowest BCUT2D eigenvalue weighted by atomic mass is 9.93. The molecule has 5 rings (SSSR count). The zero-order valence-electron chi connectivity index (χ0n) is 27.2. The third-order valence-corrected chi connectivity index (χ3v) is 8.31. The number of nitrogens with zero attached hydrogens (tertiary/aromatic N) is 3. The van der Waals surface area contributed by atoms with Crippen LogP contribution in [0.1, 0.15) is 64.7 Å². The molecule has 2 heterocycles. The number of benzene rings is 3. The van der Waals surface area contributed by atoms with Crippen LogP contribution in [0.5, 0.6) is 5.75 Å². The first-order valence-corrected chi connectivity index (χ1v) is 16.0. The maximum atomic E-state index is 13.5. The van der Waals surface area contributed by atoms with Crippen molar-refractivity contribution in [3.05, 3.63) is 95.1 Å². The molecular weight excluding hydrogens is 619 g/mol. The molecule has 0 atom stereocenters. The molecule has 0 spiro atoms. The Bertz CT molecular complexity index is 1720. The van der Waals surface area contributed by atoms with Gasteiger partial charge in [-0.15, -0.1) is 0 Å². The fourth-order valence-corrected chi connectivity index (χ4v) is 5.76. The molecule has 4 aromatic rings. The molecule has 0 unspecified atom stereocenters. The second-order valence-corrected chi connectivity index (χ2v) is 11.7. The van der Waals surface area contributed by atoms with Gasteiger partial charge in [0.25, 0.3) is 5.91 Å². The van der Waals surface area contributed by atoms with Crippen LogP contribution >= 0.6 is 0 Å². The van der Waals surface area contributed by atoms with Crippen molar-refractivity contribution in [2.45, 2.75) is 45.6 Å². The van der Waals surface area contributed by atoms with Crippen molar-refractivity contribution in [1.29, 1.82) is 0 Å². The van der Waals surface area contributed by atoms with Crippen LogP contribution in [0.25, 0.3) is 11.0 Å². The number of ketones is 1. The smallest absolute Gasteiger partial charge is 0.414 e. The SMILES string of the molecule is CCCC(=O)c1ccc(OC)c(C(=O)NCCN2CCC(Cc3nc4ccccc4n3Cc3ccc(F)cc3)CC2)c1.O=C(O)C(=O)O. The van der Waals surface area contributed by atoms with Gasteiger partial charge in [-0.3, -0.25) is 9.59 Å². The number of hydrogen-bond acceptors (Lipinski definition) is 7. The Morgan fingerprint density at radius 2 is 1.67 bits per heavy atom. The second kappa shape index (κ2) is 17.2. The fourth-order valence-electron chi connectivity index (χ4n) is 5.76. The lowest BCUT2D eigenvalue weighted by Crippen LogP contribution is -2.40. The monoisotopic (exact) mass is 660 g/mol. The van der Waals surface area contributed by atoms with Crippen molar-refractivity contribution >= 4 is 34.7 Å². The molecule has 3 N–H and O–H groups in total. The van der Waals surface area contributed by atoms with Crippen molar-refractivity contribution in [3.63, 3.8) is 0 Å². The number of Topliss-reactive ketones (excluding diaryl/α,β-unsaturated/α-hetero) is 1. The number of rotatable bonds is 12. The number of carbonyl (C=O) groups excluding carboxylic acids is 2. The normalized spacial score (nSPS) is 13.4. The van der Waals surface area contributed by atoms with E-state index in [0.29, 0.717) is 42.3 Å². The van der Waals surface area contributed by atoms with Crippen LogP contribution in [0, 0.1) is 11.7 Å². The summed E-state index contributed by atoms with van der Waals surface area (Å²) in [4.78, 5) is 50.9. The topological polar surface area (TPSA) is 151 Å². The summed E-state index contributed by atoms with van der Waals surface area (Å²) >= 11 is 0. The molecule has 1 aliphatic rings. The van der Waals surface area contributed by atoms with Gasteiger partial charge in [0, 0.05) is 38.0 Å². The first-order valence-electron chi connectivity index (χ1n) is 16.0. The van der Waals surface area contributed by atoms with Crippen LogP contribution in [0.4, 0.5) is 4.39 Å². The van der Waals surface area contributed by atoms with Gasteiger partial charge in [-0.05, 0) is 86.3 Å². The van der Waals surface area contributed by atoms with E-state index in [0.717, 1.165) is 67.7 Å². The third-order valence-electron chi connectivity index (χ3n) is 8.31. The number of ether oxygens (including phenoxy) is 1. The van der Waals surface area contributed by atoms with E-state index in [9.17, 15) is 14.0 Å². The summed E-state index contributed by atoms with van der Waals surface area (Å²) in [7, 11) is 1.53. The van der Waals surface area contributed by atoms with Gasteiger partial charge in [-0.25, -0.2) is 19.0 Å². The zero-order chi connectivity index (χ0) is 34.6. The zero-order valence-corrected chi connectivity index (χ0v) is 27.2. The van der Waals surface area contributed by atoms with Crippen LogP contribution in [0.2, 0.25) is 0 Å². The van der Waals surface area contributed by atoms with Crippen LogP contribution < -0.4 is 10.1 Å². The Morgan fingerprint density at radius 1 is 0.979 bits per heavy atom. The lowest BCUT2D eigenvalue weighted by molar-refractivity contribution is -0.159. The predicted octanol–water partition coefficient (Wildman–Crippen LogP) is 5.06. The van der Waals surface area contributed by atoms with E-state index in [-0.39, 0.29) is 17.5 Å². The molecule has 1 saturated heterocycles. The Labute approximate surface area is 278 Å². The van der Waals surface area contributed by atoms with E-state index in [4.69, 9.17) is 29.5 Å². The molecule has 0 bridgehead atoms. The number of fused-ring (bicyclic) bond motifs is 1. The number of hydrogen-bond donors (Lipinski definition) is 3. The summed E-state index contributed by atoms with van der Waals surface area (Å²) < 4.78 is 21.1. The van der Waals surface area contributed by atoms with Gasteiger partial charge in [0.1, 0.15) is 17.4 Å². The molecule has 1 amide bonds. The number of piperidine rings is 1. The molecule has 1 aliphatic heterocycles. The number of carboxylic acid groups (broad SMARTS) is 2. The van der Waals surface area contributed by atoms with Crippen molar-refractivity contribution < 1.29 is 38.5 Å². The van der Waals surface area contributed by atoms with Crippen LogP contribution in [-0.4, -0.2) is 81.6 Å². The minimum atomic E-state index is -1.82. The van der Waals surface area contributed by atoms with Crippen molar-refractivity contribution in [1.82, 2.24) is 19.8 Å². The number of amides is 1. The van der Waals surface area contributed by atoms with Gasteiger partial charge in [-0.2, -0.15) is 0 Å². The summed E-state index contributed by atoms with van der Waals surface area (Å²) in [5.74, 6) is -2.02. The van der Waals surface area contributed by atoms with E-state index in [2.05, 4.69) is 20.9 Å². The van der Waals surface area contributed by atoms with Gasteiger partial charge in [0.05, 0.1) is 23.7 Å². The quantitative estimate of drug-likeness (QED) is 0.140. The van der Waals surface area contributed by atoms with Gasteiger partial charge >= 0.3 is 11.9 Å². The fraction of sp³-hybridized carbons (Fsp3) is 0.361. The molecule has 0 saturated carbocycles. The number of aromatic nitrogens is 2. The van der Waals surface area contributed by atoms with Crippen molar-refractivity contribution in [2.75, 3.05) is 33.3 Å². The Kier molecular flexibility index (Phi) is 12.8. The summed E-state index contributed by atoms with van der Waals surface area (Å²) in [6.45, 7) is 5.83. The van der Waals surface area contributed by atoms with Crippen molar-refractivity contribution in [3.8, 4) is 5.75 Å². The average molecular weight is 661 g/mol. The number of carbonyl (C=O) groups is 4. The maximum absolute atomic E-state index is 13.5. The number of carboxylic acids is 2. The predicted molar refractivity (Wildman–Crippen MR) is 178 cm³/mol. The highest BCUT2D eigenvalue weighted by Gasteiger charge is 2.23. The van der Waals surface area contributed by atoms with Gasteiger partial charge in [0.2, 0.25) is 0 Å². The molecule has 48 heavy (non-hydrogen) atoms. The van der Waals surface area contributed by atoms with E-state index in [1.165, 1.54) is 19.2 Å². The van der Waals surface area contributed by atoms with Gasteiger partial charge < -0.3 is 29.7 Å². The molecular formula is C36H41FN4O7. The first-order chi connectivity index (χ1) is 23.1. The van der Waals surface area contributed by atoms with Crippen molar-refractivity contribution in [2.24, 2.45) is 5.92 Å². The number of likely N-dealkylation sites (tertiary alicyclic amines) is 1. The number of para-hydroxylation sites is 2. The highest BCUT2D eigenvalue weighted by Crippen LogP contribution is 2.25. The minimum absolute atomic E-state index is 0.0306. The largest absolute Gasteiger partial charge is 0.496 e. The number of nitrogens with one attached hydrogen (secondary N) is 1. The van der Waals surface area contributed by atoms with E-state index >= 15 is 0 Å². The number of methoxy groups -OCH3 is 1. The molecule has 11 nitrogen and oxygen atoms in total. The number of halogens is 1. The highest BCUT2D eigenvalue weighted by molar-refractivity contribution is 6.27. The van der Waals surface area contributed by atoms with Gasteiger partial charge in [0.15, 0.2) is 5.78 Å². The average Bonchev–Trinajstić information content (AvgIpc) is 3.42. The molecule has 0 aliphatic carbocycles. The lowest BCUT2D eigenvalue weighted by Gasteiger charge is -2.32. The highest BCUT2D eigenvalue weighted by atomic mass is 19.1. The Balaban J connectivity index is 0.000000794. The van der Waals surface area contributed by atoms with E-state index in [1.807, 2.05) is 37.3 Å². The minimum Gasteiger partial charge on any atom is -0.496 e. The van der Waals surface area contributed by atoms with Crippen LogP contribution in [0.3, 0.4) is 0 Å². The summed E-state index contributed by atoms with van der Waals surface area (Å²) in [6.07, 6.45) is 4.23. The molecule has 254 valence electrons. The summed E-state index contributed by atoms with van der Waals surface area (Å²) in [5.41, 5.74) is 4.06. The molecule has 1 aromatic heterocycles. The number of imidazole rings is 1. The second-order valence-electron chi connectivity index (χ2n) is 11.7. The number of aliphatic carboxylic acids is 2. The summed E-state index contributed by atoms with van der Waals surface area (Å²) in [6, 6.07) is 19.9. The van der Waals surface area contributed by atoms with Crippen LogP contribution in [-0.2, 0) is 22.6 Å². The van der Waals surface area contributed by atoms with Gasteiger partial charge in [-0.1, -0.05) is 31.2 Å². The molecule has 0 radical (unpaired) electrons. The first kappa shape index (κ1) is 35.7. The van der Waals surface area contributed by atoms with E-state index < -0.39 is 11.9 Å². The molecule has 3 aromatic carbocycles. The molecule has 12 heteroatoms. The maximum Gasteiger partial charge on any atom is 0.414 e. The Hall–Kier alpha value is -5.10.